The molecule has 24 heteroatoms. The zero-order valence-corrected chi connectivity index (χ0v) is 49.4. The molecule has 4 aromatic heterocycles. The molecule has 4 N–H and O–H groups in total. The highest BCUT2D eigenvalue weighted by Gasteiger charge is 2.30. The van der Waals surface area contributed by atoms with Crippen molar-refractivity contribution in [1.29, 1.82) is 10.5 Å². The lowest BCUT2D eigenvalue weighted by atomic mass is 10.0. The number of thiophene rings is 1. The predicted octanol–water partition coefficient (Wildman–Crippen LogP) is 8.84. The van der Waals surface area contributed by atoms with Gasteiger partial charge in [-0.05, 0) is 140 Å². The minimum atomic E-state index is -4.26. The third-order valence-electron chi connectivity index (χ3n) is 14.7. The summed E-state index contributed by atoms with van der Waals surface area (Å²) >= 11 is 1.06. The van der Waals surface area contributed by atoms with Gasteiger partial charge >= 0.3 is 12.3 Å². The molecule has 2 amide bonds. The SMILES string of the molecule is C=CC(=O)NC1CCN(CCn2c(C#N)cc3c(C)c(CN4CCC(Nc5ncnc6sc(CC(F)(F)F)cc56)CC4)ccc32)CC1.CC(C)(C)OC(=O)NC1CCNCC1.COc1ccc2c(cc(C#N)n2CCOS(C)(=O)=O)c1C. The van der Waals surface area contributed by atoms with Crippen molar-refractivity contribution in [3.8, 4) is 17.9 Å². The number of fused-ring (bicyclic) bond motifs is 3. The Hall–Kier alpha value is -6.80. The van der Waals surface area contributed by atoms with Crippen molar-refractivity contribution in [2.24, 2.45) is 0 Å². The van der Waals surface area contributed by atoms with Gasteiger partial charge in [-0.25, -0.2) is 14.8 Å². The Bertz CT molecular complexity index is 3390. The molecule has 0 atom stereocenters. The summed E-state index contributed by atoms with van der Waals surface area (Å²) in [7, 11) is -1.89. The Labute approximate surface area is 481 Å². The highest BCUT2D eigenvalue weighted by Crippen LogP contribution is 2.34. The molecule has 0 saturated carbocycles. The van der Waals surface area contributed by atoms with E-state index < -0.39 is 28.3 Å². The number of halogens is 3. The van der Waals surface area contributed by atoms with E-state index in [1.54, 1.807) is 23.8 Å². The van der Waals surface area contributed by atoms with Gasteiger partial charge in [0.15, 0.2) is 0 Å². The zero-order valence-electron chi connectivity index (χ0n) is 47.7. The normalized spacial score (nSPS) is 16.1. The number of ether oxygens (including phenoxy) is 2. The highest BCUT2D eigenvalue weighted by atomic mass is 32.2. The Morgan fingerprint density at radius 3 is 2.01 bits per heavy atom. The topological polar surface area (TPSA) is 234 Å². The van der Waals surface area contributed by atoms with Gasteiger partial charge in [0.25, 0.3) is 10.1 Å². The summed E-state index contributed by atoms with van der Waals surface area (Å²) in [4.78, 5) is 37.2. The maximum atomic E-state index is 12.9. The molecule has 0 spiro atoms. The lowest BCUT2D eigenvalue weighted by Gasteiger charge is -2.33. The fourth-order valence-electron chi connectivity index (χ4n) is 10.5. The summed E-state index contributed by atoms with van der Waals surface area (Å²) in [5, 5.41) is 34.4. The highest BCUT2D eigenvalue weighted by molar-refractivity contribution is 7.85. The standard InChI is InChI=1S/C34H39F3N8OS.C14H16N2O4S.C10H20N2O2/c1-3-31(46)41-24-6-10-43(11-7-24)14-15-45-26(19-38)16-28-22(2)23(4-5-30(28)45)20-44-12-8-25(9-13-44)42-32-29-17-27(18-34(35,36)37)47-33(29)40-21-39-32;1-10-12-8-11(9-15)16(6-7-20-21(3,17)18)13(12)4-5-14(10)19-2;1-10(2,3)14-9(13)12-8-4-6-11-7-5-8/h3-5,16-17,21,24-25H,1,6-15,18,20H2,2H3,(H,41,46)(H,39,40,42);4-5,8H,6-7H2,1-3H3;8,11H,4-7H2,1-3H3,(H,12,13). The molecule has 0 aliphatic carbocycles. The molecule has 6 aromatic rings. The number of nitrogens with one attached hydrogen (secondary N) is 4. The van der Waals surface area contributed by atoms with Crippen LogP contribution in [0.2, 0.25) is 0 Å². The van der Waals surface area contributed by atoms with E-state index in [9.17, 15) is 41.7 Å². The Balaban J connectivity index is 0.000000226. The number of hydrogen-bond donors (Lipinski definition) is 4. The maximum Gasteiger partial charge on any atom is 0.407 e. The van der Waals surface area contributed by atoms with Gasteiger partial charge in [0.05, 0.1) is 31.8 Å². The van der Waals surface area contributed by atoms with E-state index in [0.29, 0.717) is 27.4 Å². The number of carbonyl (C=O) groups excluding carboxylic acids is 2. The number of nitriles is 2. The van der Waals surface area contributed by atoms with Gasteiger partial charge in [-0.2, -0.15) is 32.1 Å². The van der Waals surface area contributed by atoms with Crippen LogP contribution >= 0.6 is 11.3 Å². The number of amides is 2. The maximum absolute atomic E-state index is 12.9. The van der Waals surface area contributed by atoms with Crippen LogP contribution in [0.15, 0.2) is 61.4 Å². The lowest BCUT2D eigenvalue weighted by molar-refractivity contribution is -0.126. The Morgan fingerprint density at radius 2 is 1.41 bits per heavy atom. The summed E-state index contributed by atoms with van der Waals surface area (Å²) in [6, 6.07) is 18.5. The first-order valence-corrected chi connectivity index (χ1v) is 30.2. The number of rotatable bonds is 16. The summed E-state index contributed by atoms with van der Waals surface area (Å²) in [5.74, 6) is 1.22. The summed E-state index contributed by atoms with van der Waals surface area (Å²) in [6.45, 7) is 21.3. The van der Waals surface area contributed by atoms with Crippen LogP contribution in [0, 0.1) is 36.5 Å². The van der Waals surface area contributed by atoms with E-state index in [1.165, 1.54) is 23.5 Å². The summed E-state index contributed by atoms with van der Waals surface area (Å²) in [5.41, 5.74) is 6.00. The van der Waals surface area contributed by atoms with E-state index >= 15 is 0 Å². The molecule has 82 heavy (non-hydrogen) atoms. The molecule has 442 valence electrons. The van der Waals surface area contributed by atoms with Crippen molar-refractivity contribution >= 4 is 71.3 Å². The number of hydrogen-bond acceptors (Lipinski definition) is 16. The van der Waals surface area contributed by atoms with E-state index in [0.717, 1.165) is 148 Å². The molecule has 3 aliphatic rings. The molecule has 0 bridgehead atoms. The molecule has 2 aromatic carbocycles. The fourth-order valence-corrected chi connectivity index (χ4v) is 11.9. The number of anilines is 1. The van der Waals surface area contributed by atoms with Gasteiger partial charge in [0.1, 0.15) is 51.9 Å². The van der Waals surface area contributed by atoms with Gasteiger partial charge in [-0.3, -0.25) is 13.9 Å². The number of aryl methyl sites for hydroxylation is 2. The van der Waals surface area contributed by atoms with E-state index in [2.05, 4.69) is 83.4 Å². The molecular formula is C58H75F3N12O7S2. The third-order valence-corrected chi connectivity index (χ3v) is 16.4. The number of piperidine rings is 3. The van der Waals surface area contributed by atoms with E-state index in [-0.39, 0.29) is 48.2 Å². The number of alkyl carbamates (subject to hydrolysis) is 1. The first-order valence-electron chi connectivity index (χ1n) is 27.5. The smallest absolute Gasteiger partial charge is 0.407 e. The Morgan fingerprint density at radius 1 is 0.817 bits per heavy atom. The van der Waals surface area contributed by atoms with Crippen molar-refractivity contribution in [1.82, 2.24) is 44.9 Å². The van der Waals surface area contributed by atoms with Crippen molar-refractivity contribution in [3.63, 3.8) is 0 Å². The molecule has 0 radical (unpaired) electrons. The van der Waals surface area contributed by atoms with Gasteiger partial charge in [-0.1, -0.05) is 12.6 Å². The number of benzene rings is 2. The zero-order chi connectivity index (χ0) is 59.4. The van der Waals surface area contributed by atoms with Crippen molar-refractivity contribution in [3.05, 3.63) is 94.4 Å². The molecule has 9 rings (SSSR count). The quantitative estimate of drug-likeness (QED) is 0.0524. The molecule has 0 unspecified atom stereocenters. The fraction of sp³-hybridized carbons (Fsp3) is 0.517. The van der Waals surface area contributed by atoms with Crippen LogP contribution in [0.3, 0.4) is 0 Å². The molecular weight excluding hydrogens is 1100 g/mol. The second-order valence-electron chi connectivity index (χ2n) is 21.9. The van der Waals surface area contributed by atoms with Gasteiger partial charge in [0.2, 0.25) is 5.91 Å². The molecule has 3 fully saturated rings. The van der Waals surface area contributed by atoms with Crippen LogP contribution in [0.4, 0.5) is 23.8 Å². The predicted molar refractivity (Wildman–Crippen MR) is 312 cm³/mol. The van der Waals surface area contributed by atoms with E-state index in [1.807, 2.05) is 45.9 Å². The summed E-state index contributed by atoms with van der Waals surface area (Å²) in [6.07, 6.45) is 3.76. The minimum Gasteiger partial charge on any atom is -0.496 e. The van der Waals surface area contributed by atoms with Crippen LogP contribution in [-0.2, 0) is 49.9 Å². The van der Waals surface area contributed by atoms with Crippen LogP contribution in [0.25, 0.3) is 32.0 Å². The monoisotopic (exact) mass is 1170 g/mol. The van der Waals surface area contributed by atoms with Crippen LogP contribution in [-0.4, -0.2) is 145 Å². The molecule has 7 heterocycles. The van der Waals surface area contributed by atoms with Crippen LogP contribution in [0.5, 0.6) is 5.75 Å². The van der Waals surface area contributed by atoms with Crippen molar-refractivity contribution < 1.29 is 44.8 Å². The van der Waals surface area contributed by atoms with E-state index in [4.69, 9.17) is 13.7 Å². The van der Waals surface area contributed by atoms with Crippen molar-refractivity contribution in [2.75, 3.05) is 71.1 Å². The Kier molecular flexibility index (Phi) is 21.4. The van der Waals surface area contributed by atoms with Crippen LogP contribution < -0.4 is 26.0 Å². The van der Waals surface area contributed by atoms with Gasteiger partial charge < -0.3 is 44.8 Å². The van der Waals surface area contributed by atoms with Gasteiger partial charge in [0, 0.05) is 103 Å². The molecule has 3 aliphatic heterocycles. The first-order chi connectivity index (χ1) is 38.9. The number of likely N-dealkylation sites (tertiary alicyclic amines) is 2. The number of alkyl halides is 3. The number of nitrogens with zero attached hydrogens (tertiary/aromatic N) is 8. The third kappa shape index (κ3) is 17.6. The number of aromatic nitrogens is 4. The first kappa shape index (κ1) is 62.8. The van der Waals surface area contributed by atoms with Crippen LogP contribution in [0.1, 0.15) is 92.3 Å². The minimum absolute atomic E-state index is 0.0115. The lowest BCUT2D eigenvalue weighted by Crippen LogP contribution is -2.44. The molecule has 19 nitrogen and oxygen atoms in total. The average molecular weight is 1170 g/mol. The largest absolute Gasteiger partial charge is 0.496 e. The number of carbonyl (C=O) groups is 2. The average Bonchev–Trinajstić information content (AvgIpc) is 4.27. The number of methoxy groups -OCH3 is 1. The second kappa shape index (κ2) is 28.0. The second-order valence-corrected chi connectivity index (χ2v) is 24.6. The van der Waals surface area contributed by atoms with Gasteiger partial charge in [-0.15, -0.1) is 11.3 Å². The summed E-state index contributed by atoms with van der Waals surface area (Å²) < 4.78 is 79.9. The molecule has 3 saturated heterocycles. The van der Waals surface area contributed by atoms with Crippen molar-refractivity contribution in [2.45, 2.75) is 129 Å².